The highest BCUT2D eigenvalue weighted by Crippen LogP contribution is 2.18. The Bertz CT molecular complexity index is 906. The van der Waals surface area contributed by atoms with E-state index in [1.165, 1.54) is 0 Å². The highest BCUT2D eigenvalue weighted by atomic mass is 79.9. The van der Waals surface area contributed by atoms with Crippen molar-refractivity contribution in [1.82, 2.24) is 10.4 Å². The van der Waals surface area contributed by atoms with Crippen LogP contribution in [0.25, 0.3) is 10.9 Å². The van der Waals surface area contributed by atoms with Crippen LogP contribution < -0.4 is 5.43 Å². The zero-order valence-corrected chi connectivity index (χ0v) is 14.0. The van der Waals surface area contributed by atoms with Crippen LogP contribution in [0.5, 0.6) is 0 Å². The minimum absolute atomic E-state index is 0.255. The van der Waals surface area contributed by atoms with Gasteiger partial charge in [0.1, 0.15) is 0 Å². The van der Waals surface area contributed by atoms with Crippen LogP contribution in [0.4, 0.5) is 0 Å². The largest absolute Gasteiger partial charge is 0.272 e. The molecule has 1 aromatic heterocycles. The van der Waals surface area contributed by atoms with Gasteiger partial charge >= 0.3 is 0 Å². The maximum absolute atomic E-state index is 12.4. The van der Waals surface area contributed by atoms with Gasteiger partial charge in [-0.2, -0.15) is 5.10 Å². The maximum Gasteiger partial charge on any atom is 0.272 e. The van der Waals surface area contributed by atoms with Crippen molar-refractivity contribution in [3.63, 3.8) is 0 Å². The number of hydrogen-bond acceptors (Lipinski definition) is 3. The van der Waals surface area contributed by atoms with Crippen LogP contribution in [0.15, 0.2) is 64.2 Å². The number of nitrogens with zero attached hydrogens (tertiary/aromatic N) is 2. The van der Waals surface area contributed by atoms with Gasteiger partial charge in [-0.1, -0.05) is 52.3 Å². The molecule has 0 aliphatic carbocycles. The lowest BCUT2D eigenvalue weighted by Crippen LogP contribution is -2.18. The smallest absolute Gasteiger partial charge is 0.267 e. The van der Waals surface area contributed by atoms with Crippen LogP contribution in [-0.4, -0.2) is 17.1 Å². The lowest BCUT2D eigenvalue weighted by Gasteiger charge is -2.06. The average molecular weight is 368 g/mol. The molecule has 2 aromatic carbocycles. The van der Waals surface area contributed by atoms with Crippen LogP contribution in [-0.2, 0) is 0 Å². The molecule has 1 N–H and O–H groups in total. The van der Waals surface area contributed by atoms with Crippen molar-refractivity contribution in [3.05, 3.63) is 75.9 Å². The van der Waals surface area contributed by atoms with E-state index in [2.05, 4.69) is 31.4 Å². The number of pyridine rings is 1. The van der Waals surface area contributed by atoms with E-state index in [4.69, 9.17) is 0 Å². The zero-order valence-electron chi connectivity index (χ0n) is 12.5. The summed E-state index contributed by atoms with van der Waals surface area (Å²) in [5.41, 5.74) is 5.63. The first kappa shape index (κ1) is 15.4. The Kier molecular flexibility index (Phi) is 4.48. The van der Waals surface area contributed by atoms with Crippen LogP contribution in [0, 0.1) is 6.92 Å². The number of benzene rings is 2. The van der Waals surface area contributed by atoms with Crippen LogP contribution in [0.1, 0.15) is 21.6 Å². The molecule has 5 heteroatoms. The average Bonchev–Trinajstić information content (AvgIpc) is 2.55. The summed E-state index contributed by atoms with van der Waals surface area (Å²) >= 11 is 3.44. The van der Waals surface area contributed by atoms with Gasteiger partial charge in [0.25, 0.3) is 5.91 Å². The molecule has 4 nitrogen and oxygen atoms in total. The van der Waals surface area contributed by atoms with E-state index in [1.807, 2.05) is 55.5 Å². The number of rotatable bonds is 3. The molecule has 0 atom stereocenters. The first-order valence-corrected chi connectivity index (χ1v) is 7.89. The van der Waals surface area contributed by atoms with Crippen molar-refractivity contribution in [1.29, 1.82) is 0 Å². The van der Waals surface area contributed by atoms with E-state index in [9.17, 15) is 4.79 Å². The Morgan fingerprint density at radius 1 is 1.17 bits per heavy atom. The van der Waals surface area contributed by atoms with Gasteiger partial charge in [0, 0.05) is 21.1 Å². The fourth-order valence-corrected chi connectivity index (χ4v) is 2.68. The lowest BCUT2D eigenvalue weighted by molar-refractivity contribution is 0.0956. The number of nitrogens with one attached hydrogen (secondary N) is 1. The minimum Gasteiger partial charge on any atom is -0.267 e. The molecule has 0 spiro atoms. The number of halogens is 1. The van der Waals surface area contributed by atoms with Crippen molar-refractivity contribution < 1.29 is 4.79 Å². The van der Waals surface area contributed by atoms with Crippen LogP contribution >= 0.6 is 15.9 Å². The number of amides is 1. The number of carbonyl (C=O) groups excluding carboxylic acids is 1. The number of aromatic nitrogens is 1. The molecule has 3 rings (SSSR count). The Morgan fingerprint density at radius 3 is 2.74 bits per heavy atom. The standard InChI is InChI=1S/C18H14BrN3O/c1-12-10-15(14-7-3-5-9-17(14)21-12)18(23)22-20-11-13-6-2-4-8-16(13)19/h2-11H,1H3,(H,22,23)/b20-11+. The molecule has 0 saturated carbocycles. The van der Waals surface area contributed by atoms with Gasteiger partial charge in [-0.25, -0.2) is 5.43 Å². The summed E-state index contributed by atoms with van der Waals surface area (Å²) in [4.78, 5) is 16.9. The van der Waals surface area contributed by atoms with Gasteiger partial charge in [-0.05, 0) is 25.1 Å². The van der Waals surface area contributed by atoms with E-state index in [1.54, 1.807) is 12.3 Å². The number of para-hydroxylation sites is 1. The molecule has 0 radical (unpaired) electrons. The van der Waals surface area contributed by atoms with E-state index in [-0.39, 0.29) is 5.91 Å². The Hall–Kier alpha value is -2.53. The molecule has 0 saturated heterocycles. The molecule has 0 bridgehead atoms. The highest BCUT2D eigenvalue weighted by molar-refractivity contribution is 9.10. The summed E-state index contributed by atoms with van der Waals surface area (Å²) in [7, 11) is 0. The van der Waals surface area contributed by atoms with E-state index in [0.717, 1.165) is 26.6 Å². The number of fused-ring (bicyclic) bond motifs is 1. The quantitative estimate of drug-likeness (QED) is 0.560. The molecule has 1 amide bonds. The third-order valence-corrected chi connectivity index (χ3v) is 4.09. The predicted molar refractivity (Wildman–Crippen MR) is 95.7 cm³/mol. The first-order chi connectivity index (χ1) is 11.1. The van der Waals surface area contributed by atoms with Crippen molar-refractivity contribution in [2.45, 2.75) is 6.92 Å². The predicted octanol–water partition coefficient (Wildman–Crippen LogP) is 4.07. The summed E-state index contributed by atoms with van der Waals surface area (Å²) in [5, 5.41) is 4.85. The molecule has 0 unspecified atom stereocenters. The molecular weight excluding hydrogens is 354 g/mol. The molecule has 114 valence electrons. The second-order valence-electron chi connectivity index (χ2n) is 5.05. The Labute approximate surface area is 142 Å². The topological polar surface area (TPSA) is 54.4 Å². The monoisotopic (exact) mass is 367 g/mol. The maximum atomic E-state index is 12.4. The van der Waals surface area contributed by atoms with Gasteiger partial charge < -0.3 is 0 Å². The number of hydrogen-bond donors (Lipinski definition) is 1. The first-order valence-electron chi connectivity index (χ1n) is 7.09. The normalized spacial score (nSPS) is 11.0. The zero-order chi connectivity index (χ0) is 16.2. The summed E-state index contributed by atoms with van der Waals surface area (Å²) < 4.78 is 0.920. The Morgan fingerprint density at radius 2 is 1.91 bits per heavy atom. The van der Waals surface area contributed by atoms with Gasteiger partial charge in [-0.15, -0.1) is 0 Å². The minimum atomic E-state index is -0.255. The third kappa shape index (κ3) is 3.46. The van der Waals surface area contributed by atoms with Crippen LogP contribution in [0.2, 0.25) is 0 Å². The van der Waals surface area contributed by atoms with Crippen molar-refractivity contribution in [2.24, 2.45) is 5.10 Å². The number of aryl methyl sites for hydroxylation is 1. The second kappa shape index (κ2) is 6.71. The van der Waals surface area contributed by atoms with Gasteiger partial charge in [0.05, 0.1) is 17.3 Å². The number of carbonyl (C=O) groups is 1. The second-order valence-corrected chi connectivity index (χ2v) is 5.90. The fraction of sp³-hybridized carbons (Fsp3) is 0.0556. The van der Waals surface area contributed by atoms with Crippen LogP contribution in [0.3, 0.4) is 0 Å². The summed E-state index contributed by atoms with van der Waals surface area (Å²) in [5.74, 6) is -0.255. The number of hydrazone groups is 1. The van der Waals surface area contributed by atoms with E-state index >= 15 is 0 Å². The van der Waals surface area contributed by atoms with Gasteiger partial charge in [0.2, 0.25) is 0 Å². The summed E-state index contributed by atoms with van der Waals surface area (Å²) in [6.07, 6.45) is 1.61. The molecule has 0 fully saturated rings. The van der Waals surface area contributed by atoms with Crippen molar-refractivity contribution in [3.8, 4) is 0 Å². The SMILES string of the molecule is Cc1cc(C(=O)N/N=C/c2ccccc2Br)c2ccccc2n1. The highest BCUT2D eigenvalue weighted by Gasteiger charge is 2.10. The molecule has 1 heterocycles. The van der Waals surface area contributed by atoms with E-state index < -0.39 is 0 Å². The Balaban J connectivity index is 1.86. The molecular formula is C18H14BrN3O. The summed E-state index contributed by atoms with van der Waals surface area (Å²) in [6, 6.07) is 17.0. The van der Waals surface area contributed by atoms with Crippen molar-refractivity contribution >= 4 is 39.0 Å². The van der Waals surface area contributed by atoms with Gasteiger partial charge in [-0.3, -0.25) is 9.78 Å². The third-order valence-electron chi connectivity index (χ3n) is 3.36. The van der Waals surface area contributed by atoms with E-state index in [0.29, 0.717) is 5.56 Å². The lowest BCUT2D eigenvalue weighted by atomic mass is 10.1. The van der Waals surface area contributed by atoms with Crippen molar-refractivity contribution in [2.75, 3.05) is 0 Å². The van der Waals surface area contributed by atoms with Gasteiger partial charge in [0.15, 0.2) is 0 Å². The fourth-order valence-electron chi connectivity index (χ4n) is 2.30. The molecule has 3 aromatic rings. The molecule has 0 aliphatic rings. The molecule has 0 aliphatic heterocycles. The summed E-state index contributed by atoms with van der Waals surface area (Å²) in [6.45, 7) is 1.87. The molecule has 23 heavy (non-hydrogen) atoms.